The van der Waals surface area contributed by atoms with Crippen LogP contribution in [-0.2, 0) is 18.4 Å². The molecule has 20 heavy (non-hydrogen) atoms. The molecule has 0 atom stereocenters. The van der Waals surface area contributed by atoms with E-state index in [4.69, 9.17) is 5.73 Å². The van der Waals surface area contributed by atoms with Crippen molar-refractivity contribution >= 4 is 5.82 Å². The summed E-state index contributed by atoms with van der Waals surface area (Å²) in [6.07, 6.45) is 5.61. The number of aryl methyl sites for hydroxylation is 1. The highest BCUT2D eigenvalue weighted by Gasteiger charge is 2.19. The molecular formula is C15H23N5. The molecule has 0 radical (unpaired) electrons. The van der Waals surface area contributed by atoms with Crippen molar-refractivity contribution in [3.63, 3.8) is 0 Å². The average Bonchev–Trinajstić information content (AvgIpc) is 2.75. The van der Waals surface area contributed by atoms with E-state index in [1.54, 1.807) is 0 Å². The second-order valence-corrected chi connectivity index (χ2v) is 6.07. The Hall–Kier alpha value is -1.91. The highest BCUT2D eigenvalue weighted by molar-refractivity contribution is 5.32. The quantitative estimate of drug-likeness (QED) is 0.929. The molecule has 0 saturated carbocycles. The lowest BCUT2D eigenvalue weighted by Crippen LogP contribution is -2.18. The van der Waals surface area contributed by atoms with E-state index in [1.165, 1.54) is 0 Å². The van der Waals surface area contributed by atoms with Crippen molar-refractivity contribution in [1.82, 2.24) is 19.5 Å². The van der Waals surface area contributed by atoms with Gasteiger partial charge >= 0.3 is 0 Å². The minimum absolute atomic E-state index is 0.108. The first kappa shape index (κ1) is 14.5. The minimum Gasteiger partial charge on any atom is -0.384 e. The molecule has 0 saturated heterocycles. The van der Waals surface area contributed by atoms with Crippen LogP contribution in [0.15, 0.2) is 18.5 Å². The average molecular weight is 273 g/mol. The number of nitrogens with zero attached hydrogens (tertiary/aromatic N) is 4. The van der Waals surface area contributed by atoms with Gasteiger partial charge in [-0.1, -0.05) is 27.7 Å². The van der Waals surface area contributed by atoms with Crippen molar-refractivity contribution in [3.05, 3.63) is 35.8 Å². The van der Waals surface area contributed by atoms with Gasteiger partial charge in [0.1, 0.15) is 17.5 Å². The van der Waals surface area contributed by atoms with Crippen LogP contribution < -0.4 is 5.73 Å². The summed E-state index contributed by atoms with van der Waals surface area (Å²) in [4.78, 5) is 13.4. The van der Waals surface area contributed by atoms with Gasteiger partial charge in [-0.05, 0) is 6.42 Å². The molecule has 2 heterocycles. The maximum atomic E-state index is 5.90. The molecule has 0 aliphatic rings. The summed E-state index contributed by atoms with van der Waals surface area (Å²) in [6, 6.07) is 1.83. The predicted molar refractivity (Wildman–Crippen MR) is 80.5 cm³/mol. The van der Waals surface area contributed by atoms with Crippen LogP contribution in [0, 0.1) is 0 Å². The standard InChI is InChI=1S/C15H23N5/c1-5-7-20-8-6-17-13(20)10-11-9-12(16)19-14(18-11)15(2,3)4/h6,8-9H,5,7,10H2,1-4H3,(H2,16,18,19). The lowest BCUT2D eigenvalue weighted by Gasteiger charge is -2.17. The van der Waals surface area contributed by atoms with Crippen LogP contribution in [0.1, 0.15) is 51.5 Å². The van der Waals surface area contributed by atoms with E-state index in [0.717, 1.165) is 30.3 Å². The van der Waals surface area contributed by atoms with Crippen molar-refractivity contribution in [2.45, 2.75) is 52.5 Å². The zero-order valence-corrected chi connectivity index (χ0v) is 12.7. The maximum Gasteiger partial charge on any atom is 0.136 e. The topological polar surface area (TPSA) is 69.6 Å². The second-order valence-electron chi connectivity index (χ2n) is 6.07. The largest absolute Gasteiger partial charge is 0.384 e. The summed E-state index contributed by atoms with van der Waals surface area (Å²) in [5, 5.41) is 0. The molecule has 0 fully saturated rings. The van der Waals surface area contributed by atoms with E-state index in [9.17, 15) is 0 Å². The molecule has 0 aliphatic carbocycles. The zero-order chi connectivity index (χ0) is 14.8. The predicted octanol–water partition coefficient (Wildman–Crippen LogP) is 2.55. The summed E-state index contributed by atoms with van der Waals surface area (Å²) in [7, 11) is 0. The van der Waals surface area contributed by atoms with Gasteiger partial charge in [0.15, 0.2) is 0 Å². The molecule has 0 aliphatic heterocycles. The fourth-order valence-electron chi connectivity index (χ4n) is 2.06. The molecule has 2 N–H and O–H groups in total. The Labute approximate surface area is 120 Å². The number of nitrogen functional groups attached to an aromatic ring is 1. The molecule has 0 bridgehead atoms. The highest BCUT2D eigenvalue weighted by Crippen LogP contribution is 2.20. The van der Waals surface area contributed by atoms with E-state index in [-0.39, 0.29) is 5.41 Å². The molecule has 0 aromatic carbocycles. The van der Waals surface area contributed by atoms with Crippen molar-refractivity contribution in [2.75, 3.05) is 5.73 Å². The Kier molecular flexibility index (Phi) is 4.06. The van der Waals surface area contributed by atoms with Gasteiger partial charge in [0.25, 0.3) is 0 Å². The molecule has 2 aromatic heterocycles. The Morgan fingerprint density at radius 1 is 1.25 bits per heavy atom. The van der Waals surface area contributed by atoms with Crippen molar-refractivity contribution < 1.29 is 0 Å². The number of anilines is 1. The number of hydrogen-bond donors (Lipinski definition) is 1. The van der Waals surface area contributed by atoms with Gasteiger partial charge in [-0.3, -0.25) is 0 Å². The third-order valence-corrected chi connectivity index (χ3v) is 3.08. The van der Waals surface area contributed by atoms with Crippen LogP contribution in [-0.4, -0.2) is 19.5 Å². The third-order valence-electron chi connectivity index (χ3n) is 3.08. The molecule has 0 amide bonds. The Morgan fingerprint density at radius 3 is 2.65 bits per heavy atom. The smallest absolute Gasteiger partial charge is 0.136 e. The first-order valence-electron chi connectivity index (χ1n) is 7.04. The maximum absolute atomic E-state index is 5.90. The van der Waals surface area contributed by atoms with Crippen LogP contribution in [0.5, 0.6) is 0 Å². The Balaban J connectivity index is 2.29. The summed E-state index contributed by atoms with van der Waals surface area (Å²) in [6.45, 7) is 9.39. The molecule has 5 heteroatoms. The Bertz CT molecular complexity index is 580. The molecule has 2 aromatic rings. The highest BCUT2D eigenvalue weighted by atomic mass is 15.1. The molecule has 108 valence electrons. The van der Waals surface area contributed by atoms with E-state index < -0.39 is 0 Å². The van der Waals surface area contributed by atoms with Crippen LogP contribution in [0.3, 0.4) is 0 Å². The van der Waals surface area contributed by atoms with E-state index in [0.29, 0.717) is 12.2 Å². The van der Waals surface area contributed by atoms with Crippen LogP contribution in [0.4, 0.5) is 5.82 Å². The van der Waals surface area contributed by atoms with Gasteiger partial charge in [0.2, 0.25) is 0 Å². The lowest BCUT2D eigenvalue weighted by atomic mass is 9.95. The van der Waals surface area contributed by atoms with Crippen molar-refractivity contribution in [1.29, 1.82) is 0 Å². The van der Waals surface area contributed by atoms with Crippen LogP contribution >= 0.6 is 0 Å². The molecule has 0 spiro atoms. The van der Waals surface area contributed by atoms with E-state index in [1.807, 2.05) is 18.5 Å². The van der Waals surface area contributed by atoms with Gasteiger partial charge < -0.3 is 10.3 Å². The van der Waals surface area contributed by atoms with Gasteiger partial charge in [-0.15, -0.1) is 0 Å². The first-order chi connectivity index (χ1) is 9.40. The van der Waals surface area contributed by atoms with Crippen LogP contribution in [0.2, 0.25) is 0 Å². The summed E-state index contributed by atoms with van der Waals surface area (Å²) in [5.74, 6) is 2.32. The van der Waals surface area contributed by atoms with Gasteiger partial charge in [0, 0.05) is 36.8 Å². The van der Waals surface area contributed by atoms with Gasteiger partial charge in [0.05, 0.1) is 5.69 Å². The second kappa shape index (κ2) is 5.61. The third kappa shape index (κ3) is 3.35. The fraction of sp³-hybridized carbons (Fsp3) is 0.533. The van der Waals surface area contributed by atoms with Gasteiger partial charge in [-0.2, -0.15) is 0 Å². The monoisotopic (exact) mass is 273 g/mol. The summed E-state index contributed by atoms with van der Waals surface area (Å²) in [5.41, 5.74) is 6.72. The first-order valence-corrected chi connectivity index (χ1v) is 7.04. The molecule has 0 unspecified atom stereocenters. The molecular weight excluding hydrogens is 250 g/mol. The number of nitrogens with two attached hydrogens (primary N) is 1. The Morgan fingerprint density at radius 2 is 2.00 bits per heavy atom. The normalized spacial score (nSPS) is 11.8. The number of imidazole rings is 1. The molecule has 5 nitrogen and oxygen atoms in total. The lowest BCUT2D eigenvalue weighted by molar-refractivity contribution is 0.542. The number of aromatic nitrogens is 4. The van der Waals surface area contributed by atoms with Crippen LogP contribution in [0.25, 0.3) is 0 Å². The summed E-state index contributed by atoms with van der Waals surface area (Å²) >= 11 is 0. The zero-order valence-electron chi connectivity index (χ0n) is 12.7. The SMILES string of the molecule is CCCn1ccnc1Cc1cc(N)nc(C(C)(C)C)n1. The summed E-state index contributed by atoms with van der Waals surface area (Å²) < 4.78 is 2.16. The van der Waals surface area contributed by atoms with Gasteiger partial charge in [-0.25, -0.2) is 15.0 Å². The number of hydrogen-bond acceptors (Lipinski definition) is 4. The molecule has 2 rings (SSSR count). The van der Waals surface area contributed by atoms with E-state index >= 15 is 0 Å². The van der Waals surface area contributed by atoms with Crippen molar-refractivity contribution in [3.8, 4) is 0 Å². The minimum atomic E-state index is -0.108. The van der Waals surface area contributed by atoms with E-state index in [2.05, 4.69) is 47.2 Å². The fourth-order valence-corrected chi connectivity index (χ4v) is 2.06. The number of rotatable bonds is 4. The van der Waals surface area contributed by atoms with Crippen molar-refractivity contribution in [2.24, 2.45) is 0 Å².